The van der Waals surface area contributed by atoms with Crippen molar-refractivity contribution < 1.29 is 13.9 Å². The number of hydrogen-bond acceptors (Lipinski definition) is 3. The highest BCUT2D eigenvalue weighted by atomic mass is 19.1. The molecule has 2 unspecified atom stereocenters. The fourth-order valence-electron chi connectivity index (χ4n) is 1.88. The van der Waals surface area contributed by atoms with Crippen LogP contribution < -0.4 is 15.8 Å². The Kier molecular flexibility index (Phi) is 5.76. The maximum atomic E-state index is 13.4. The van der Waals surface area contributed by atoms with Crippen LogP contribution in [0, 0.1) is 5.82 Å². The summed E-state index contributed by atoms with van der Waals surface area (Å²) in [5.41, 5.74) is 5.94. The Morgan fingerprint density at radius 1 is 1.47 bits per heavy atom. The Hall–Kier alpha value is -1.62. The van der Waals surface area contributed by atoms with Crippen LogP contribution in [-0.4, -0.2) is 18.6 Å². The van der Waals surface area contributed by atoms with Gasteiger partial charge in [0.15, 0.2) is 6.10 Å². The third-order valence-corrected chi connectivity index (χ3v) is 2.91. The van der Waals surface area contributed by atoms with Crippen LogP contribution in [0.1, 0.15) is 38.8 Å². The maximum Gasteiger partial charge on any atom is 0.258 e. The molecule has 19 heavy (non-hydrogen) atoms. The molecule has 0 saturated carbocycles. The van der Waals surface area contributed by atoms with Crippen LogP contribution >= 0.6 is 0 Å². The molecule has 0 aliphatic carbocycles. The van der Waals surface area contributed by atoms with Crippen LogP contribution in [-0.2, 0) is 4.79 Å². The standard InChI is InChI=1S/C14H21FN2O2/c1-4-12(14(16)18)19-13-7-6-10(15)8-11(13)9(3)17-5-2/h6-9,12,17H,4-5H2,1-3H3,(H2,16,18). The number of amides is 1. The smallest absolute Gasteiger partial charge is 0.258 e. The van der Waals surface area contributed by atoms with Gasteiger partial charge in [-0.3, -0.25) is 4.79 Å². The highest BCUT2D eigenvalue weighted by molar-refractivity contribution is 5.79. The monoisotopic (exact) mass is 268 g/mol. The first-order valence-electron chi connectivity index (χ1n) is 6.48. The molecule has 0 spiro atoms. The van der Waals surface area contributed by atoms with Crippen molar-refractivity contribution in [2.75, 3.05) is 6.54 Å². The summed E-state index contributed by atoms with van der Waals surface area (Å²) < 4.78 is 18.9. The number of nitrogens with one attached hydrogen (secondary N) is 1. The van der Waals surface area contributed by atoms with Gasteiger partial charge in [0.25, 0.3) is 5.91 Å². The Morgan fingerprint density at radius 3 is 2.68 bits per heavy atom. The number of halogens is 1. The maximum absolute atomic E-state index is 13.4. The first kappa shape index (κ1) is 15.4. The second kappa shape index (κ2) is 7.09. The molecule has 1 aromatic carbocycles. The molecule has 1 amide bonds. The average Bonchev–Trinajstić information content (AvgIpc) is 2.37. The second-order valence-corrected chi connectivity index (χ2v) is 4.38. The first-order chi connectivity index (χ1) is 8.99. The van der Waals surface area contributed by atoms with Gasteiger partial charge in [-0.2, -0.15) is 0 Å². The van der Waals surface area contributed by atoms with Crippen molar-refractivity contribution in [1.29, 1.82) is 0 Å². The number of hydrogen-bond donors (Lipinski definition) is 2. The largest absolute Gasteiger partial charge is 0.480 e. The van der Waals surface area contributed by atoms with Crippen molar-refractivity contribution in [3.63, 3.8) is 0 Å². The Balaban J connectivity index is 3.02. The van der Waals surface area contributed by atoms with Gasteiger partial charge in [0.05, 0.1) is 0 Å². The van der Waals surface area contributed by atoms with E-state index in [1.807, 2.05) is 20.8 Å². The topological polar surface area (TPSA) is 64.3 Å². The Morgan fingerprint density at radius 2 is 2.16 bits per heavy atom. The van der Waals surface area contributed by atoms with Crippen molar-refractivity contribution in [3.8, 4) is 5.75 Å². The molecule has 3 N–H and O–H groups in total. The summed E-state index contributed by atoms with van der Waals surface area (Å²) in [7, 11) is 0. The van der Waals surface area contributed by atoms with Gasteiger partial charge in [-0.05, 0) is 38.1 Å². The van der Waals surface area contributed by atoms with Crippen LogP contribution in [0.3, 0.4) is 0 Å². The highest BCUT2D eigenvalue weighted by Gasteiger charge is 2.19. The van der Waals surface area contributed by atoms with E-state index in [-0.39, 0.29) is 11.9 Å². The zero-order valence-electron chi connectivity index (χ0n) is 11.6. The van der Waals surface area contributed by atoms with Gasteiger partial charge < -0.3 is 15.8 Å². The Labute approximate surface area is 113 Å². The summed E-state index contributed by atoms with van der Waals surface area (Å²) in [5, 5.41) is 3.19. The normalized spacial score (nSPS) is 13.9. The minimum Gasteiger partial charge on any atom is -0.480 e. The minimum atomic E-state index is -0.696. The van der Waals surface area contributed by atoms with Crippen molar-refractivity contribution in [1.82, 2.24) is 5.32 Å². The number of carbonyl (C=O) groups excluding carboxylic acids is 1. The van der Waals surface area contributed by atoms with E-state index in [2.05, 4.69) is 5.32 Å². The SMILES string of the molecule is CCNC(C)c1cc(F)ccc1OC(CC)C(N)=O. The fraction of sp³-hybridized carbons (Fsp3) is 0.500. The third kappa shape index (κ3) is 4.21. The molecular formula is C14H21FN2O2. The second-order valence-electron chi connectivity index (χ2n) is 4.38. The molecular weight excluding hydrogens is 247 g/mol. The highest BCUT2D eigenvalue weighted by Crippen LogP contribution is 2.27. The number of ether oxygens (including phenoxy) is 1. The summed E-state index contributed by atoms with van der Waals surface area (Å²) in [6.07, 6.45) is -0.222. The van der Waals surface area contributed by atoms with Crippen LogP contribution in [0.25, 0.3) is 0 Å². The van der Waals surface area contributed by atoms with E-state index in [1.165, 1.54) is 18.2 Å². The van der Waals surface area contributed by atoms with E-state index in [9.17, 15) is 9.18 Å². The molecule has 2 atom stereocenters. The first-order valence-corrected chi connectivity index (χ1v) is 6.48. The van der Waals surface area contributed by atoms with E-state index in [0.29, 0.717) is 17.7 Å². The lowest BCUT2D eigenvalue weighted by atomic mass is 10.1. The lowest BCUT2D eigenvalue weighted by molar-refractivity contribution is -0.124. The summed E-state index contributed by atoms with van der Waals surface area (Å²) in [6, 6.07) is 4.19. The van der Waals surface area contributed by atoms with Crippen molar-refractivity contribution in [2.45, 2.75) is 39.3 Å². The molecule has 4 nitrogen and oxygen atoms in total. The molecule has 0 heterocycles. The van der Waals surface area contributed by atoms with E-state index in [1.54, 1.807) is 0 Å². The molecule has 1 aromatic rings. The van der Waals surface area contributed by atoms with Crippen LogP contribution in [0.5, 0.6) is 5.75 Å². The van der Waals surface area contributed by atoms with Crippen LogP contribution in [0.2, 0.25) is 0 Å². The number of primary amides is 1. The molecule has 0 bridgehead atoms. The third-order valence-electron chi connectivity index (χ3n) is 2.91. The van der Waals surface area contributed by atoms with Gasteiger partial charge in [0.2, 0.25) is 0 Å². The summed E-state index contributed by atoms with van der Waals surface area (Å²) in [5.74, 6) is -0.367. The Bertz CT molecular complexity index is 437. The quantitative estimate of drug-likeness (QED) is 0.796. The number of nitrogens with two attached hydrogens (primary N) is 1. The van der Waals surface area contributed by atoms with Crippen molar-refractivity contribution >= 4 is 5.91 Å². The van der Waals surface area contributed by atoms with Gasteiger partial charge in [-0.15, -0.1) is 0 Å². The average molecular weight is 268 g/mol. The van der Waals surface area contributed by atoms with Crippen molar-refractivity contribution in [3.05, 3.63) is 29.6 Å². The number of carbonyl (C=O) groups is 1. The molecule has 1 rings (SSSR count). The molecule has 0 aliphatic rings. The molecule has 106 valence electrons. The van der Waals surface area contributed by atoms with E-state index >= 15 is 0 Å². The fourth-order valence-corrected chi connectivity index (χ4v) is 1.88. The predicted octanol–water partition coefficient (Wildman–Crippen LogP) is 2.14. The molecule has 0 fully saturated rings. The molecule has 0 saturated heterocycles. The zero-order valence-corrected chi connectivity index (χ0v) is 11.6. The summed E-state index contributed by atoms with van der Waals surface area (Å²) in [4.78, 5) is 11.2. The predicted molar refractivity (Wildman–Crippen MR) is 72.4 cm³/mol. The van der Waals surface area contributed by atoms with Gasteiger partial charge in [-0.25, -0.2) is 4.39 Å². The van der Waals surface area contributed by atoms with Crippen LogP contribution in [0.15, 0.2) is 18.2 Å². The lowest BCUT2D eigenvalue weighted by Gasteiger charge is -2.21. The molecule has 0 aliphatic heterocycles. The van der Waals surface area contributed by atoms with Gasteiger partial charge in [-0.1, -0.05) is 13.8 Å². The van der Waals surface area contributed by atoms with Gasteiger partial charge >= 0.3 is 0 Å². The molecule has 5 heteroatoms. The minimum absolute atomic E-state index is 0.0684. The molecule has 0 radical (unpaired) electrons. The zero-order chi connectivity index (χ0) is 14.4. The number of benzene rings is 1. The van der Waals surface area contributed by atoms with Gasteiger partial charge in [0.1, 0.15) is 11.6 Å². The van der Waals surface area contributed by atoms with E-state index < -0.39 is 12.0 Å². The van der Waals surface area contributed by atoms with E-state index in [0.717, 1.165) is 6.54 Å². The number of rotatable bonds is 7. The van der Waals surface area contributed by atoms with Crippen LogP contribution in [0.4, 0.5) is 4.39 Å². The van der Waals surface area contributed by atoms with E-state index in [4.69, 9.17) is 10.5 Å². The molecule has 0 aromatic heterocycles. The lowest BCUT2D eigenvalue weighted by Crippen LogP contribution is -2.33. The summed E-state index contributed by atoms with van der Waals surface area (Å²) in [6.45, 7) is 6.45. The summed E-state index contributed by atoms with van der Waals surface area (Å²) >= 11 is 0. The van der Waals surface area contributed by atoms with Crippen molar-refractivity contribution in [2.24, 2.45) is 5.73 Å². The van der Waals surface area contributed by atoms with Gasteiger partial charge in [0, 0.05) is 11.6 Å².